The van der Waals surface area contributed by atoms with Crippen molar-refractivity contribution in [2.75, 3.05) is 35.7 Å². The Balaban J connectivity index is 1.53. The lowest BCUT2D eigenvalue weighted by Gasteiger charge is -2.31. The fourth-order valence-corrected chi connectivity index (χ4v) is 5.76. The summed E-state index contributed by atoms with van der Waals surface area (Å²) in [5, 5.41) is 0.782. The molecule has 0 spiro atoms. The molecule has 12 heteroatoms. The van der Waals surface area contributed by atoms with Crippen LogP contribution in [0.3, 0.4) is 0 Å². The molecular weight excluding hydrogens is 509 g/mol. The van der Waals surface area contributed by atoms with E-state index < -0.39 is 56.4 Å². The minimum atomic E-state index is -4.44. The van der Waals surface area contributed by atoms with Crippen molar-refractivity contribution < 1.29 is 31.2 Å². The smallest absolute Gasteiger partial charge is 0.332 e. The second-order valence-electron chi connectivity index (χ2n) is 9.16. The molecule has 8 nitrogen and oxygen atoms in total. The maximum absolute atomic E-state index is 14.9. The van der Waals surface area contributed by atoms with E-state index in [9.17, 15) is 31.2 Å². The molecule has 3 aromatic rings. The van der Waals surface area contributed by atoms with Gasteiger partial charge in [-0.2, -0.15) is 0 Å². The van der Waals surface area contributed by atoms with Crippen LogP contribution in [0.4, 0.5) is 29.3 Å². The van der Waals surface area contributed by atoms with Gasteiger partial charge < -0.3 is 9.80 Å². The third kappa shape index (κ3) is 4.39. The van der Waals surface area contributed by atoms with Gasteiger partial charge in [-0.05, 0) is 25.3 Å². The van der Waals surface area contributed by atoms with Gasteiger partial charge in [0.15, 0.2) is 21.5 Å². The predicted octanol–water partition coefficient (Wildman–Crippen LogP) is 4.01. The number of hydrogen-bond donors (Lipinski definition) is 0. The number of amides is 3. The van der Waals surface area contributed by atoms with Crippen LogP contribution in [0.2, 0.25) is 0 Å². The Morgan fingerprint density at radius 2 is 1.68 bits per heavy atom. The van der Waals surface area contributed by atoms with Crippen molar-refractivity contribution in [1.82, 2.24) is 9.88 Å². The summed E-state index contributed by atoms with van der Waals surface area (Å²) in [4.78, 5) is 32.8. The summed E-state index contributed by atoms with van der Waals surface area (Å²) >= 11 is 0. The number of rotatable bonds is 5. The number of nitrogens with zero attached hydrogens (tertiary/aromatic N) is 4. The molecule has 2 aromatic carbocycles. The number of anilines is 2. The minimum Gasteiger partial charge on any atom is -0.370 e. The Labute approximate surface area is 211 Å². The Kier molecular flexibility index (Phi) is 6.30. The number of sulfone groups is 1. The molecule has 37 heavy (non-hydrogen) atoms. The van der Waals surface area contributed by atoms with Crippen LogP contribution in [-0.2, 0) is 21.2 Å². The monoisotopic (exact) mass is 532 g/mol. The van der Waals surface area contributed by atoms with Gasteiger partial charge in [-0.3, -0.25) is 9.78 Å². The van der Waals surface area contributed by atoms with Crippen LogP contribution in [0.1, 0.15) is 24.8 Å². The molecule has 2 aliphatic heterocycles. The number of pyridine rings is 1. The molecule has 0 unspecified atom stereocenters. The fourth-order valence-electron chi connectivity index (χ4n) is 4.93. The van der Waals surface area contributed by atoms with Crippen molar-refractivity contribution in [3.05, 3.63) is 59.5 Å². The average Bonchev–Trinajstić information content (AvgIpc) is 3.13. The van der Waals surface area contributed by atoms with Crippen molar-refractivity contribution in [3.63, 3.8) is 0 Å². The lowest BCUT2D eigenvalue weighted by atomic mass is 10.0. The van der Waals surface area contributed by atoms with Crippen molar-refractivity contribution >= 4 is 44.1 Å². The number of carbonyl (C=O) groups excluding carboxylic acids is 2. The highest BCUT2D eigenvalue weighted by Gasteiger charge is 2.41. The van der Waals surface area contributed by atoms with Crippen LogP contribution in [0.15, 0.2) is 41.4 Å². The number of benzene rings is 2. The van der Waals surface area contributed by atoms with Gasteiger partial charge in [-0.1, -0.05) is 18.2 Å². The maximum atomic E-state index is 14.9. The number of para-hydroxylation sites is 1. The van der Waals surface area contributed by atoms with E-state index >= 15 is 0 Å². The topological polar surface area (TPSA) is 90.9 Å². The molecule has 0 N–H and O–H groups in total. The summed E-state index contributed by atoms with van der Waals surface area (Å²) in [5.41, 5.74) is 1.29. The standard InChI is InChI=1S/C25H23F3N4O4S/c1-37(35,36)24-17(26)11-19(22(27)23(24)28)32-21(33)14-31(25(32)34)13-16-15-7-3-4-8-18(15)29-12-20(16)30-9-5-2-6-10-30/h3-4,7-8,11-12H,2,5-6,9-10,13-14H2,1H3. The Morgan fingerprint density at radius 3 is 2.38 bits per heavy atom. The maximum Gasteiger partial charge on any atom is 0.332 e. The first-order chi connectivity index (χ1) is 17.6. The SMILES string of the molecule is CS(=O)(=O)c1c(F)cc(N2C(=O)CN(Cc3c(N4CCCCC4)cnc4ccccc34)C2=O)c(F)c1F. The number of hydrogen-bond acceptors (Lipinski definition) is 6. The van der Waals surface area contributed by atoms with Gasteiger partial charge in [0.05, 0.1) is 29.6 Å². The number of aromatic nitrogens is 1. The largest absolute Gasteiger partial charge is 0.370 e. The predicted molar refractivity (Wildman–Crippen MR) is 131 cm³/mol. The van der Waals surface area contributed by atoms with Crippen molar-refractivity contribution in [2.24, 2.45) is 0 Å². The number of imide groups is 1. The molecule has 2 fully saturated rings. The number of carbonyl (C=O) groups is 2. The first kappa shape index (κ1) is 25.0. The lowest BCUT2D eigenvalue weighted by Crippen LogP contribution is -2.35. The Hall–Kier alpha value is -3.67. The van der Waals surface area contributed by atoms with E-state index in [4.69, 9.17) is 0 Å². The van der Waals surface area contributed by atoms with Crippen LogP contribution >= 0.6 is 0 Å². The van der Waals surface area contributed by atoms with Gasteiger partial charge >= 0.3 is 6.03 Å². The highest BCUT2D eigenvalue weighted by Crippen LogP contribution is 2.35. The summed E-state index contributed by atoms with van der Waals surface area (Å²) in [6, 6.07) is 6.74. The van der Waals surface area contributed by atoms with Gasteiger partial charge in [0.25, 0.3) is 5.91 Å². The summed E-state index contributed by atoms with van der Waals surface area (Å²) in [6.45, 7) is 1.14. The molecule has 194 valence electrons. The fraction of sp³-hybridized carbons (Fsp3) is 0.320. The number of piperidine rings is 1. The van der Waals surface area contributed by atoms with E-state index in [1.165, 1.54) is 0 Å². The first-order valence-corrected chi connectivity index (χ1v) is 13.6. The van der Waals surface area contributed by atoms with Crippen molar-refractivity contribution in [1.29, 1.82) is 0 Å². The van der Waals surface area contributed by atoms with Crippen LogP contribution in [0, 0.1) is 17.5 Å². The first-order valence-electron chi connectivity index (χ1n) is 11.7. The molecule has 1 aromatic heterocycles. The van der Waals surface area contributed by atoms with Crippen LogP contribution < -0.4 is 9.80 Å². The Morgan fingerprint density at radius 1 is 0.973 bits per heavy atom. The molecule has 2 saturated heterocycles. The minimum absolute atomic E-state index is 0.0239. The van der Waals surface area contributed by atoms with Gasteiger partial charge in [0.2, 0.25) is 0 Å². The highest BCUT2D eigenvalue weighted by molar-refractivity contribution is 7.90. The quantitative estimate of drug-likeness (QED) is 0.364. The summed E-state index contributed by atoms with van der Waals surface area (Å²) in [5.74, 6) is -6.27. The zero-order valence-electron chi connectivity index (χ0n) is 19.9. The molecule has 3 amide bonds. The zero-order chi connectivity index (χ0) is 26.5. The van der Waals surface area contributed by atoms with Crippen molar-refractivity contribution in [2.45, 2.75) is 30.7 Å². The molecule has 0 atom stereocenters. The molecule has 0 saturated carbocycles. The number of urea groups is 1. The molecule has 2 aliphatic rings. The van der Waals surface area contributed by atoms with Gasteiger partial charge in [-0.25, -0.2) is 31.3 Å². The molecular formula is C25H23F3N4O4S. The molecule has 5 rings (SSSR count). The second kappa shape index (κ2) is 9.33. The van der Waals surface area contributed by atoms with E-state index in [0.717, 1.165) is 53.9 Å². The van der Waals surface area contributed by atoms with Gasteiger partial charge in [0.1, 0.15) is 17.3 Å². The van der Waals surface area contributed by atoms with Crippen LogP contribution in [0.5, 0.6) is 0 Å². The third-order valence-electron chi connectivity index (χ3n) is 6.66. The van der Waals surface area contributed by atoms with E-state index in [1.54, 1.807) is 6.20 Å². The van der Waals surface area contributed by atoms with E-state index in [0.29, 0.717) is 22.7 Å². The highest BCUT2D eigenvalue weighted by atomic mass is 32.2. The third-order valence-corrected chi connectivity index (χ3v) is 7.77. The van der Waals surface area contributed by atoms with E-state index in [-0.39, 0.29) is 6.54 Å². The summed E-state index contributed by atoms with van der Waals surface area (Å²) in [7, 11) is -4.44. The normalized spacial score (nSPS) is 16.8. The number of halogens is 3. The number of fused-ring (bicyclic) bond motifs is 1. The molecule has 0 radical (unpaired) electrons. The van der Waals surface area contributed by atoms with Crippen LogP contribution in [0.25, 0.3) is 10.9 Å². The van der Waals surface area contributed by atoms with Crippen LogP contribution in [-0.4, -0.2) is 56.1 Å². The Bertz CT molecular complexity index is 1540. The zero-order valence-corrected chi connectivity index (χ0v) is 20.7. The molecule has 0 bridgehead atoms. The molecule has 0 aliphatic carbocycles. The second-order valence-corrected chi connectivity index (χ2v) is 11.1. The van der Waals surface area contributed by atoms with Crippen molar-refractivity contribution in [3.8, 4) is 0 Å². The lowest BCUT2D eigenvalue weighted by molar-refractivity contribution is -0.116. The average molecular weight is 533 g/mol. The van der Waals surface area contributed by atoms with Gasteiger partial charge in [0, 0.05) is 36.4 Å². The van der Waals surface area contributed by atoms with E-state index in [2.05, 4.69) is 9.88 Å². The molecule has 3 heterocycles. The van der Waals surface area contributed by atoms with E-state index in [1.807, 2.05) is 24.3 Å². The summed E-state index contributed by atoms with van der Waals surface area (Å²) < 4.78 is 67.3. The summed E-state index contributed by atoms with van der Waals surface area (Å²) in [6.07, 6.45) is 5.37. The van der Waals surface area contributed by atoms with Gasteiger partial charge in [-0.15, -0.1) is 0 Å².